The van der Waals surface area contributed by atoms with Crippen LogP contribution in [0.15, 0.2) is 11.4 Å². The SMILES string of the molecule is C#CCC(N)C(=O)c1ccsn1. The lowest BCUT2D eigenvalue weighted by Crippen LogP contribution is -2.30. The van der Waals surface area contributed by atoms with E-state index in [1.54, 1.807) is 11.4 Å². The van der Waals surface area contributed by atoms with E-state index in [2.05, 4.69) is 10.3 Å². The normalized spacial score (nSPS) is 12.0. The summed E-state index contributed by atoms with van der Waals surface area (Å²) >= 11 is 1.23. The van der Waals surface area contributed by atoms with Gasteiger partial charge >= 0.3 is 0 Å². The Bertz CT molecular complexity index is 299. The van der Waals surface area contributed by atoms with Gasteiger partial charge in [-0.05, 0) is 17.6 Å². The number of aromatic nitrogens is 1. The fraction of sp³-hybridized carbons (Fsp3) is 0.250. The summed E-state index contributed by atoms with van der Waals surface area (Å²) in [6.45, 7) is 0. The number of ketones is 1. The third-order valence-corrected chi connectivity index (χ3v) is 1.92. The molecule has 0 aliphatic heterocycles. The summed E-state index contributed by atoms with van der Waals surface area (Å²) in [4.78, 5) is 11.3. The molecule has 62 valence electrons. The molecule has 1 rings (SSSR count). The third kappa shape index (κ3) is 1.91. The minimum atomic E-state index is -0.614. The lowest BCUT2D eigenvalue weighted by molar-refractivity contribution is 0.0959. The molecule has 2 N–H and O–H groups in total. The predicted octanol–water partition coefficient (Wildman–Crippen LogP) is 0.676. The topological polar surface area (TPSA) is 56.0 Å². The van der Waals surface area contributed by atoms with Gasteiger partial charge in [-0.15, -0.1) is 12.3 Å². The molecule has 1 atom stereocenters. The quantitative estimate of drug-likeness (QED) is 0.549. The molecule has 0 radical (unpaired) electrons. The molecule has 1 heterocycles. The maximum Gasteiger partial charge on any atom is 0.199 e. The van der Waals surface area contributed by atoms with Gasteiger partial charge in [0.05, 0.1) is 6.04 Å². The smallest absolute Gasteiger partial charge is 0.199 e. The Morgan fingerprint density at radius 3 is 3.17 bits per heavy atom. The molecule has 0 spiro atoms. The number of nitrogens with zero attached hydrogens (tertiary/aromatic N) is 1. The highest BCUT2D eigenvalue weighted by Crippen LogP contribution is 2.04. The minimum absolute atomic E-state index is 0.186. The number of nitrogens with two attached hydrogens (primary N) is 1. The maximum absolute atomic E-state index is 11.3. The highest BCUT2D eigenvalue weighted by atomic mass is 32.1. The van der Waals surface area contributed by atoms with Crippen LogP contribution in [0.4, 0.5) is 0 Å². The van der Waals surface area contributed by atoms with Gasteiger partial charge in [0.2, 0.25) is 0 Å². The molecule has 1 unspecified atom stereocenters. The average molecular weight is 180 g/mol. The van der Waals surface area contributed by atoms with E-state index in [0.29, 0.717) is 5.69 Å². The van der Waals surface area contributed by atoms with Crippen LogP contribution in [0.1, 0.15) is 16.9 Å². The second-order valence-corrected chi connectivity index (χ2v) is 2.93. The Morgan fingerprint density at radius 1 is 1.92 bits per heavy atom. The van der Waals surface area contributed by atoms with E-state index in [1.807, 2.05) is 0 Å². The summed E-state index contributed by atoms with van der Waals surface area (Å²) in [6.07, 6.45) is 5.28. The molecule has 0 saturated carbocycles. The van der Waals surface area contributed by atoms with Gasteiger partial charge in [-0.1, -0.05) is 0 Å². The van der Waals surface area contributed by atoms with Crippen molar-refractivity contribution in [3.8, 4) is 12.3 Å². The standard InChI is InChI=1S/C8H8N2OS/c1-2-3-6(9)8(11)7-4-5-12-10-7/h1,4-6H,3,9H2. The van der Waals surface area contributed by atoms with Crippen molar-refractivity contribution in [2.75, 3.05) is 0 Å². The van der Waals surface area contributed by atoms with Crippen LogP contribution in [0.3, 0.4) is 0 Å². The molecular weight excluding hydrogens is 172 g/mol. The van der Waals surface area contributed by atoms with Gasteiger partial charge < -0.3 is 5.73 Å². The molecule has 0 aliphatic carbocycles. The second-order valence-electron chi connectivity index (χ2n) is 2.26. The van der Waals surface area contributed by atoms with E-state index < -0.39 is 6.04 Å². The van der Waals surface area contributed by atoms with Crippen molar-refractivity contribution in [1.82, 2.24) is 4.37 Å². The van der Waals surface area contributed by atoms with Crippen LogP contribution in [0, 0.1) is 12.3 Å². The summed E-state index contributed by atoms with van der Waals surface area (Å²) in [5.74, 6) is 2.15. The predicted molar refractivity (Wildman–Crippen MR) is 47.9 cm³/mol. The lowest BCUT2D eigenvalue weighted by Gasteiger charge is -2.02. The third-order valence-electron chi connectivity index (χ3n) is 1.36. The van der Waals surface area contributed by atoms with Crippen molar-refractivity contribution in [1.29, 1.82) is 0 Å². The van der Waals surface area contributed by atoms with Gasteiger partial charge in [-0.25, -0.2) is 0 Å². The van der Waals surface area contributed by atoms with E-state index >= 15 is 0 Å². The number of carbonyl (C=O) groups is 1. The van der Waals surface area contributed by atoms with Crippen LogP contribution in [0.5, 0.6) is 0 Å². The molecule has 1 aromatic rings. The zero-order valence-corrected chi connectivity index (χ0v) is 7.17. The molecule has 0 saturated heterocycles. The van der Waals surface area contributed by atoms with Gasteiger partial charge in [0.15, 0.2) is 5.78 Å². The summed E-state index contributed by atoms with van der Waals surface area (Å²) in [5, 5.41) is 1.73. The number of hydrogen-bond donors (Lipinski definition) is 1. The van der Waals surface area contributed by atoms with Crippen LogP contribution in [-0.2, 0) is 0 Å². The molecule has 3 nitrogen and oxygen atoms in total. The Labute approximate surface area is 74.8 Å². The fourth-order valence-electron chi connectivity index (χ4n) is 0.749. The first-order valence-electron chi connectivity index (χ1n) is 3.39. The average Bonchev–Trinajstić information content (AvgIpc) is 2.55. The highest BCUT2D eigenvalue weighted by Gasteiger charge is 2.15. The van der Waals surface area contributed by atoms with E-state index in [-0.39, 0.29) is 12.2 Å². The van der Waals surface area contributed by atoms with Crippen molar-refractivity contribution >= 4 is 17.3 Å². The zero-order chi connectivity index (χ0) is 8.97. The molecule has 4 heteroatoms. The fourth-order valence-corrected chi connectivity index (χ4v) is 1.26. The van der Waals surface area contributed by atoms with Crippen molar-refractivity contribution in [3.05, 3.63) is 17.1 Å². The maximum atomic E-state index is 11.3. The number of Topliss-reactive ketones (excluding diaryl/α,β-unsaturated/α-hetero) is 1. The monoisotopic (exact) mass is 180 g/mol. The highest BCUT2D eigenvalue weighted by molar-refractivity contribution is 7.03. The first-order chi connectivity index (χ1) is 5.75. The molecular formula is C8H8N2OS. The van der Waals surface area contributed by atoms with Crippen molar-refractivity contribution in [2.45, 2.75) is 12.5 Å². The summed E-state index contributed by atoms with van der Waals surface area (Å²) < 4.78 is 3.86. The number of carbonyl (C=O) groups excluding carboxylic acids is 1. The molecule has 0 aliphatic rings. The molecule has 0 aromatic carbocycles. The second kappa shape index (κ2) is 4.00. The number of rotatable bonds is 3. The van der Waals surface area contributed by atoms with Crippen molar-refractivity contribution in [2.24, 2.45) is 5.73 Å². The van der Waals surface area contributed by atoms with Crippen LogP contribution < -0.4 is 5.73 Å². The van der Waals surface area contributed by atoms with Crippen LogP contribution >= 0.6 is 11.5 Å². The van der Waals surface area contributed by atoms with Gasteiger partial charge in [-0.2, -0.15) is 4.37 Å². The van der Waals surface area contributed by atoms with Gasteiger partial charge in [-0.3, -0.25) is 4.79 Å². The largest absolute Gasteiger partial charge is 0.320 e. The van der Waals surface area contributed by atoms with Crippen LogP contribution in [0.25, 0.3) is 0 Å². The first-order valence-corrected chi connectivity index (χ1v) is 4.23. The lowest BCUT2D eigenvalue weighted by atomic mass is 10.1. The summed E-state index contributed by atoms with van der Waals surface area (Å²) in [7, 11) is 0. The van der Waals surface area contributed by atoms with Gasteiger partial charge in [0.1, 0.15) is 5.69 Å². The first kappa shape index (κ1) is 8.91. The molecule has 0 fully saturated rings. The van der Waals surface area contributed by atoms with Crippen LogP contribution in [-0.4, -0.2) is 16.2 Å². The number of hydrogen-bond acceptors (Lipinski definition) is 4. The van der Waals surface area contributed by atoms with Crippen LogP contribution in [0.2, 0.25) is 0 Å². The zero-order valence-electron chi connectivity index (χ0n) is 6.36. The molecule has 0 bridgehead atoms. The Morgan fingerprint density at radius 2 is 2.67 bits per heavy atom. The van der Waals surface area contributed by atoms with Gasteiger partial charge in [0, 0.05) is 11.8 Å². The number of terminal acetylenes is 1. The Balaban J connectivity index is 2.67. The Hall–Kier alpha value is -1.18. The minimum Gasteiger partial charge on any atom is -0.320 e. The van der Waals surface area contributed by atoms with Crippen molar-refractivity contribution < 1.29 is 4.79 Å². The van der Waals surface area contributed by atoms with E-state index in [0.717, 1.165) is 0 Å². The summed E-state index contributed by atoms with van der Waals surface area (Å²) in [5.41, 5.74) is 5.90. The van der Waals surface area contributed by atoms with E-state index in [1.165, 1.54) is 11.5 Å². The Kier molecular flexibility index (Phi) is 2.97. The molecule has 1 aromatic heterocycles. The van der Waals surface area contributed by atoms with E-state index in [4.69, 9.17) is 12.2 Å². The van der Waals surface area contributed by atoms with E-state index in [9.17, 15) is 4.79 Å². The van der Waals surface area contributed by atoms with Gasteiger partial charge in [0.25, 0.3) is 0 Å². The molecule has 12 heavy (non-hydrogen) atoms. The molecule has 0 amide bonds. The van der Waals surface area contributed by atoms with Crippen molar-refractivity contribution in [3.63, 3.8) is 0 Å². The summed E-state index contributed by atoms with van der Waals surface area (Å²) in [6, 6.07) is 1.03.